The molecule has 86 valence electrons. The number of hydrogen-bond acceptors (Lipinski definition) is 3. The van der Waals surface area contributed by atoms with Crippen LogP contribution in [0.5, 0.6) is 0 Å². The molecule has 0 fully saturated rings. The first-order chi connectivity index (χ1) is 7.45. The number of ketones is 1. The average Bonchev–Trinajstić information content (AvgIpc) is 2.15. The van der Waals surface area contributed by atoms with Crippen LogP contribution in [0.25, 0.3) is 0 Å². The highest BCUT2D eigenvalue weighted by Gasteiger charge is 2.19. The maximum Gasteiger partial charge on any atom is 0.343 e. The normalized spacial score (nSPS) is 10.0. The molecule has 0 spiro atoms. The van der Waals surface area contributed by atoms with E-state index in [1.54, 1.807) is 0 Å². The molecule has 0 atom stereocenters. The van der Waals surface area contributed by atoms with Crippen LogP contribution in [-0.2, 0) is 16.0 Å². The summed E-state index contributed by atoms with van der Waals surface area (Å²) in [6.45, 7) is 1.31. The van der Waals surface area contributed by atoms with E-state index in [0.717, 1.165) is 19.2 Å². The van der Waals surface area contributed by atoms with Crippen LogP contribution in [0.1, 0.15) is 22.8 Å². The van der Waals surface area contributed by atoms with E-state index in [9.17, 15) is 18.4 Å². The first kappa shape index (κ1) is 12.3. The lowest BCUT2D eigenvalue weighted by Crippen LogP contribution is -2.09. The molecule has 0 unspecified atom stereocenters. The van der Waals surface area contributed by atoms with Gasteiger partial charge in [0.1, 0.15) is 23.0 Å². The van der Waals surface area contributed by atoms with Crippen molar-refractivity contribution in [3.05, 3.63) is 34.9 Å². The van der Waals surface area contributed by atoms with Crippen LogP contribution in [-0.4, -0.2) is 18.9 Å². The molecule has 0 radical (unpaired) electrons. The molecule has 0 aliphatic rings. The molecule has 1 aromatic rings. The molecule has 0 N–H and O–H groups in total. The molecule has 0 aliphatic carbocycles. The summed E-state index contributed by atoms with van der Waals surface area (Å²) in [5, 5.41) is 0. The Morgan fingerprint density at radius 3 is 2.12 bits per heavy atom. The van der Waals surface area contributed by atoms with E-state index in [1.165, 1.54) is 6.92 Å². The monoisotopic (exact) mass is 228 g/mol. The number of halogens is 2. The van der Waals surface area contributed by atoms with E-state index in [2.05, 4.69) is 4.74 Å². The Bertz CT molecular complexity index is 418. The smallest absolute Gasteiger partial charge is 0.343 e. The maximum absolute atomic E-state index is 13.3. The first-order valence-corrected chi connectivity index (χ1v) is 4.51. The molecule has 0 saturated carbocycles. The van der Waals surface area contributed by atoms with Crippen LogP contribution in [0.3, 0.4) is 0 Å². The molecule has 1 aromatic carbocycles. The molecule has 0 saturated heterocycles. The highest BCUT2D eigenvalue weighted by atomic mass is 19.1. The second-order valence-electron chi connectivity index (χ2n) is 3.30. The van der Waals surface area contributed by atoms with Gasteiger partial charge in [-0.3, -0.25) is 4.79 Å². The van der Waals surface area contributed by atoms with Crippen molar-refractivity contribution in [3.8, 4) is 0 Å². The Balaban J connectivity index is 3.17. The topological polar surface area (TPSA) is 43.4 Å². The second-order valence-corrected chi connectivity index (χ2v) is 3.30. The molecule has 0 aromatic heterocycles. The van der Waals surface area contributed by atoms with Crippen molar-refractivity contribution in [2.24, 2.45) is 0 Å². The third-order valence-electron chi connectivity index (χ3n) is 1.94. The van der Waals surface area contributed by atoms with Crippen LogP contribution >= 0.6 is 0 Å². The van der Waals surface area contributed by atoms with Gasteiger partial charge in [-0.15, -0.1) is 0 Å². The zero-order valence-corrected chi connectivity index (χ0v) is 8.84. The lowest BCUT2D eigenvalue weighted by molar-refractivity contribution is -0.116. The van der Waals surface area contributed by atoms with E-state index in [4.69, 9.17) is 0 Å². The van der Waals surface area contributed by atoms with Crippen molar-refractivity contribution in [2.45, 2.75) is 13.3 Å². The number of rotatable bonds is 3. The molecule has 0 aliphatic heterocycles. The molecule has 5 heteroatoms. The van der Waals surface area contributed by atoms with Crippen molar-refractivity contribution < 1.29 is 23.1 Å². The van der Waals surface area contributed by atoms with Crippen molar-refractivity contribution in [2.75, 3.05) is 7.11 Å². The second kappa shape index (κ2) is 4.83. The number of Topliss-reactive ketones (excluding diaryl/α,β-unsaturated/α-hetero) is 1. The summed E-state index contributed by atoms with van der Waals surface area (Å²) < 4.78 is 30.9. The van der Waals surface area contributed by atoms with E-state index in [-0.39, 0.29) is 17.8 Å². The average molecular weight is 228 g/mol. The van der Waals surface area contributed by atoms with Gasteiger partial charge in [-0.1, -0.05) is 0 Å². The fourth-order valence-electron chi connectivity index (χ4n) is 1.31. The van der Waals surface area contributed by atoms with Crippen LogP contribution < -0.4 is 0 Å². The predicted octanol–water partition coefficient (Wildman–Crippen LogP) is 1.88. The quantitative estimate of drug-likeness (QED) is 0.742. The number of esters is 1. The largest absolute Gasteiger partial charge is 0.465 e. The summed E-state index contributed by atoms with van der Waals surface area (Å²) in [4.78, 5) is 21.8. The fourth-order valence-corrected chi connectivity index (χ4v) is 1.31. The van der Waals surface area contributed by atoms with Crippen molar-refractivity contribution in [3.63, 3.8) is 0 Å². The predicted molar refractivity (Wildman–Crippen MR) is 52.1 cm³/mol. The fraction of sp³-hybridized carbons (Fsp3) is 0.273. The third kappa shape index (κ3) is 2.62. The van der Waals surface area contributed by atoms with Gasteiger partial charge >= 0.3 is 5.97 Å². The zero-order valence-electron chi connectivity index (χ0n) is 8.84. The van der Waals surface area contributed by atoms with Gasteiger partial charge in [-0.2, -0.15) is 0 Å². The van der Waals surface area contributed by atoms with E-state index < -0.39 is 23.2 Å². The summed E-state index contributed by atoms with van der Waals surface area (Å²) in [7, 11) is 1.03. The summed E-state index contributed by atoms with van der Waals surface area (Å²) >= 11 is 0. The van der Waals surface area contributed by atoms with Crippen molar-refractivity contribution in [1.82, 2.24) is 0 Å². The number of hydrogen-bond donors (Lipinski definition) is 0. The number of carbonyl (C=O) groups is 2. The van der Waals surface area contributed by atoms with E-state index in [1.807, 2.05) is 0 Å². The van der Waals surface area contributed by atoms with Crippen LogP contribution in [0.2, 0.25) is 0 Å². The highest BCUT2D eigenvalue weighted by molar-refractivity contribution is 5.90. The van der Waals surface area contributed by atoms with Gasteiger partial charge in [0.25, 0.3) is 0 Å². The summed E-state index contributed by atoms with van der Waals surface area (Å²) in [6, 6.07) is 1.91. The molecular formula is C11H10F2O3. The van der Waals surface area contributed by atoms with E-state index in [0.29, 0.717) is 0 Å². The van der Waals surface area contributed by atoms with Gasteiger partial charge in [0.05, 0.1) is 7.11 Å². The molecule has 3 nitrogen and oxygen atoms in total. The SMILES string of the molecule is COC(=O)c1c(F)cc(CC(C)=O)cc1F. The van der Waals surface area contributed by atoms with Crippen LogP contribution in [0.15, 0.2) is 12.1 Å². The molecule has 0 heterocycles. The Kier molecular flexibility index (Phi) is 3.71. The maximum atomic E-state index is 13.3. The highest BCUT2D eigenvalue weighted by Crippen LogP contribution is 2.17. The summed E-state index contributed by atoms with van der Waals surface area (Å²) in [6.07, 6.45) is -0.0741. The van der Waals surface area contributed by atoms with E-state index >= 15 is 0 Å². The van der Waals surface area contributed by atoms with Gasteiger partial charge in [0, 0.05) is 6.42 Å². The summed E-state index contributed by atoms with van der Waals surface area (Å²) in [5.74, 6) is -3.35. The molecule has 0 amide bonds. The van der Waals surface area contributed by atoms with Crippen LogP contribution in [0.4, 0.5) is 8.78 Å². The molecular weight excluding hydrogens is 218 g/mol. The third-order valence-corrected chi connectivity index (χ3v) is 1.94. The molecule has 0 bridgehead atoms. The minimum Gasteiger partial charge on any atom is -0.465 e. The summed E-state index contributed by atoms with van der Waals surface area (Å²) in [5.41, 5.74) is -0.551. The Hall–Kier alpha value is -1.78. The molecule has 1 rings (SSSR count). The number of methoxy groups -OCH3 is 1. The molecule has 16 heavy (non-hydrogen) atoms. The Morgan fingerprint density at radius 2 is 1.75 bits per heavy atom. The van der Waals surface area contributed by atoms with Gasteiger partial charge in [0.15, 0.2) is 0 Å². The lowest BCUT2D eigenvalue weighted by Gasteiger charge is -2.05. The number of benzene rings is 1. The first-order valence-electron chi connectivity index (χ1n) is 4.51. The Labute approximate surface area is 91.0 Å². The number of carbonyl (C=O) groups excluding carboxylic acids is 2. The lowest BCUT2D eigenvalue weighted by atomic mass is 10.1. The number of ether oxygens (including phenoxy) is 1. The van der Waals surface area contributed by atoms with Gasteiger partial charge in [-0.25, -0.2) is 13.6 Å². The van der Waals surface area contributed by atoms with Crippen LogP contribution in [0, 0.1) is 11.6 Å². The minimum atomic E-state index is -1.08. The van der Waals surface area contributed by atoms with Gasteiger partial charge in [-0.05, 0) is 24.6 Å². The Morgan fingerprint density at radius 1 is 1.25 bits per heavy atom. The van der Waals surface area contributed by atoms with Gasteiger partial charge in [0.2, 0.25) is 0 Å². The van der Waals surface area contributed by atoms with Gasteiger partial charge < -0.3 is 4.74 Å². The van der Waals surface area contributed by atoms with Crippen molar-refractivity contribution in [1.29, 1.82) is 0 Å². The minimum absolute atomic E-state index is 0.0741. The van der Waals surface area contributed by atoms with Crippen molar-refractivity contribution >= 4 is 11.8 Å². The standard InChI is InChI=1S/C11H10F2O3/c1-6(14)3-7-4-8(12)10(9(13)5-7)11(15)16-2/h4-5H,3H2,1-2H3. The zero-order chi connectivity index (χ0) is 12.3.